The molecule has 0 fully saturated rings. The van der Waals surface area contributed by atoms with E-state index in [0.717, 1.165) is 0 Å². The van der Waals surface area contributed by atoms with Crippen molar-refractivity contribution in [3.05, 3.63) is 0 Å². The minimum Gasteiger partial charge on any atom is -0.395 e. The van der Waals surface area contributed by atoms with Gasteiger partial charge in [0.15, 0.2) is 0 Å². The summed E-state index contributed by atoms with van der Waals surface area (Å²) in [6, 6.07) is -0.341. The molecule has 0 spiro atoms. The number of hydrogen-bond donors (Lipinski definition) is 2. The van der Waals surface area contributed by atoms with Gasteiger partial charge in [-0.3, -0.25) is 4.79 Å². The summed E-state index contributed by atoms with van der Waals surface area (Å²) in [5.74, 6) is -0.0773. The van der Waals surface area contributed by atoms with Crippen LogP contribution in [-0.2, 0) is 4.79 Å². The first kappa shape index (κ1) is 12.4. The lowest BCUT2D eigenvalue weighted by Crippen LogP contribution is -2.47. The number of nitrogens with zero attached hydrogens (tertiary/aromatic N) is 1. The largest absolute Gasteiger partial charge is 0.395 e. The third-order valence-corrected chi connectivity index (χ3v) is 2.00. The van der Waals surface area contributed by atoms with Crippen molar-refractivity contribution in [3.8, 4) is 0 Å². The molecule has 1 amide bonds. The average Bonchev–Trinajstić information content (AvgIpc) is 2.11. The zero-order valence-electron chi connectivity index (χ0n) is 8.66. The molecule has 0 aliphatic heterocycles. The zero-order valence-corrected chi connectivity index (χ0v) is 8.66. The van der Waals surface area contributed by atoms with E-state index in [0.29, 0.717) is 13.0 Å². The lowest BCUT2D eigenvalue weighted by molar-refractivity contribution is -0.134. The van der Waals surface area contributed by atoms with Gasteiger partial charge in [-0.25, -0.2) is 0 Å². The fourth-order valence-electron chi connectivity index (χ4n) is 1.12. The van der Waals surface area contributed by atoms with E-state index >= 15 is 0 Å². The van der Waals surface area contributed by atoms with Gasteiger partial charge in [0, 0.05) is 12.6 Å². The van der Waals surface area contributed by atoms with Crippen LogP contribution in [0.3, 0.4) is 0 Å². The minimum atomic E-state index is -0.436. The lowest BCUT2D eigenvalue weighted by atomic mass is 10.2. The standard InChI is InChI=1S/C9H20N2O2/c1-4-8(10)9(13)11(5-6-12)7(2)3/h7-8,12H,4-6,10H2,1-3H3. The Bertz CT molecular complexity index is 160. The average molecular weight is 188 g/mol. The molecule has 0 radical (unpaired) electrons. The molecule has 78 valence electrons. The summed E-state index contributed by atoms with van der Waals surface area (Å²) in [5, 5.41) is 8.75. The van der Waals surface area contributed by atoms with E-state index in [-0.39, 0.29) is 18.6 Å². The Kier molecular flexibility index (Phi) is 5.66. The van der Waals surface area contributed by atoms with Crippen LogP contribution in [0, 0.1) is 0 Å². The number of aliphatic hydroxyl groups is 1. The zero-order chi connectivity index (χ0) is 10.4. The Morgan fingerprint density at radius 1 is 1.54 bits per heavy atom. The van der Waals surface area contributed by atoms with Crippen molar-refractivity contribution in [2.45, 2.75) is 39.3 Å². The van der Waals surface area contributed by atoms with Gasteiger partial charge in [0.1, 0.15) is 0 Å². The van der Waals surface area contributed by atoms with Gasteiger partial charge < -0.3 is 15.7 Å². The van der Waals surface area contributed by atoms with Crippen LogP contribution in [-0.4, -0.2) is 41.1 Å². The minimum absolute atomic E-state index is 0.0135. The third kappa shape index (κ3) is 3.74. The predicted molar refractivity (Wildman–Crippen MR) is 52.2 cm³/mol. The van der Waals surface area contributed by atoms with E-state index in [2.05, 4.69) is 0 Å². The summed E-state index contributed by atoms with van der Waals surface area (Å²) in [5.41, 5.74) is 5.61. The summed E-state index contributed by atoms with van der Waals surface area (Å²) in [7, 11) is 0. The van der Waals surface area contributed by atoms with Gasteiger partial charge in [-0.05, 0) is 20.3 Å². The van der Waals surface area contributed by atoms with E-state index in [4.69, 9.17) is 10.8 Å². The molecule has 13 heavy (non-hydrogen) atoms. The van der Waals surface area contributed by atoms with Crippen molar-refractivity contribution < 1.29 is 9.90 Å². The monoisotopic (exact) mass is 188 g/mol. The number of amides is 1. The molecule has 0 aromatic heterocycles. The predicted octanol–water partition coefficient (Wildman–Crippen LogP) is -0.0470. The van der Waals surface area contributed by atoms with Crippen molar-refractivity contribution in [2.75, 3.05) is 13.2 Å². The third-order valence-electron chi connectivity index (χ3n) is 2.00. The molecule has 0 aliphatic rings. The van der Waals surface area contributed by atoms with Gasteiger partial charge in [0.2, 0.25) is 5.91 Å². The summed E-state index contributed by atoms with van der Waals surface area (Å²) < 4.78 is 0. The maximum atomic E-state index is 11.6. The number of aliphatic hydroxyl groups excluding tert-OH is 1. The number of carbonyl (C=O) groups excluding carboxylic acids is 1. The number of hydrogen-bond acceptors (Lipinski definition) is 3. The van der Waals surface area contributed by atoms with Gasteiger partial charge in [0.05, 0.1) is 12.6 Å². The van der Waals surface area contributed by atoms with Crippen LogP contribution in [0.5, 0.6) is 0 Å². The molecule has 0 aliphatic carbocycles. The molecule has 4 nitrogen and oxygen atoms in total. The van der Waals surface area contributed by atoms with Crippen LogP contribution in [0.4, 0.5) is 0 Å². The second-order valence-corrected chi connectivity index (χ2v) is 3.36. The van der Waals surface area contributed by atoms with Crippen LogP contribution < -0.4 is 5.73 Å². The Morgan fingerprint density at radius 2 is 2.08 bits per heavy atom. The van der Waals surface area contributed by atoms with E-state index in [1.807, 2.05) is 20.8 Å². The van der Waals surface area contributed by atoms with Gasteiger partial charge in [-0.2, -0.15) is 0 Å². The van der Waals surface area contributed by atoms with Crippen molar-refractivity contribution in [2.24, 2.45) is 5.73 Å². The second-order valence-electron chi connectivity index (χ2n) is 3.36. The van der Waals surface area contributed by atoms with Crippen LogP contribution in [0.1, 0.15) is 27.2 Å². The highest BCUT2D eigenvalue weighted by Crippen LogP contribution is 2.02. The van der Waals surface area contributed by atoms with Crippen molar-refractivity contribution >= 4 is 5.91 Å². The molecule has 0 aromatic rings. The molecule has 1 atom stereocenters. The fraction of sp³-hybridized carbons (Fsp3) is 0.889. The molecule has 0 aromatic carbocycles. The summed E-state index contributed by atoms with van der Waals surface area (Å²) in [6.07, 6.45) is 0.632. The first-order chi connectivity index (χ1) is 6.04. The van der Waals surface area contributed by atoms with E-state index in [1.165, 1.54) is 0 Å². The van der Waals surface area contributed by atoms with Crippen molar-refractivity contribution in [3.63, 3.8) is 0 Å². The van der Waals surface area contributed by atoms with Gasteiger partial charge in [-0.15, -0.1) is 0 Å². The Hall–Kier alpha value is -0.610. The van der Waals surface area contributed by atoms with Crippen molar-refractivity contribution in [1.82, 2.24) is 4.90 Å². The molecule has 0 rings (SSSR count). The molecule has 0 bridgehead atoms. The highest BCUT2D eigenvalue weighted by atomic mass is 16.3. The number of nitrogens with two attached hydrogens (primary N) is 1. The van der Waals surface area contributed by atoms with Crippen LogP contribution in [0.15, 0.2) is 0 Å². The summed E-state index contributed by atoms with van der Waals surface area (Å²) in [6.45, 7) is 6.05. The van der Waals surface area contributed by atoms with Gasteiger partial charge in [-0.1, -0.05) is 6.92 Å². The second kappa shape index (κ2) is 5.94. The molecule has 0 saturated heterocycles. The highest BCUT2D eigenvalue weighted by Gasteiger charge is 2.20. The maximum Gasteiger partial charge on any atom is 0.239 e. The maximum absolute atomic E-state index is 11.6. The molecule has 1 unspecified atom stereocenters. The van der Waals surface area contributed by atoms with Crippen LogP contribution >= 0.6 is 0 Å². The smallest absolute Gasteiger partial charge is 0.239 e. The fourth-order valence-corrected chi connectivity index (χ4v) is 1.12. The number of rotatable bonds is 5. The molecule has 0 saturated carbocycles. The summed E-state index contributed by atoms with van der Waals surface area (Å²) in [4.78, 5) is 13.2. The van der Waals surface area contributed by atoms with Crippen LogP contribution in [0.2, 0.25) is 0 Å². The Balaban J connectivity index is 4.27. The quantitative estimate of drug-likeness (QED) is 0.636. The van der Waals surface area contributed by atoms with E-state index in [9.17, 15) is 4.79 Å². The molecular formula is C9H20N2O2. The lowest BCUT2D eigenvalue weighted by Gasteiger charge is -2.28. The van der Waals surface area contributed by atoms with Crippen molar-refractivity contribution in [1.29, 1.82) is 0 Å². The molecule has 3 N–H and O–H groups in total. The van der Waals surface area contributed by atoms with E-state index in [1.54, 1.807) is 4.90 Å². The normalized spacial score (nSPS) is 13.1. The first-order valence-electron chi connectivity index (χ1n) is 4.71. The van der Waals surface area contributed by atoms with E-state index < -0.39 is 6.04 Å². The molecule has 4 heteroatoms. The van der Waals surface area contributed by atoms with Gasteiger partial charge >= 0.3 is 0 Å². The molecule has 0 heterocycles. The first-order valence-corrected chi connectivity index (χ1v) is 4.71. The number of carbonyl (C=O) groups is 1. The Labute approximate surface area is 79.7 Å². The summed E-state index contributed by atoms with van der Waals surface area (Å²) >= 11 is 0. The Morgan fingerprint density at radius 3 is 2.38 bits per heavy atom. The molecular weight excluding hydrogens is 168 g/mol. The van der Waals surface area contributed by atoms with Gasteiger partial charge in [0.25, 0.3) is 0 Å². The highest BCUT2D eigenvalue weighted by molar-refractivity contribution is 5.81. The SMILES string of the molecule is CCC(N)C(=O)N(CCO)C(C)C. The van der Waals surface area contributed by atoms with Crippen LogP contribution in [0.25, 0.3) is 0 Å². The topological polar surface area (TPSA) is 66.6 Å².